The molecule has 19 heavy (non-hydrogen) atoms. The summed E-state index contributed by atoms with van der Waals surface area (Å²) in [5, 5.41) is 0. The zero-order chi connectivity index (χ0) is 14.0. The van der Waals surface area contributed by atoms with Crippen LogP contribution in [0.25, 0.3) is 0 Å². The topological polar surface area (TPSA) is 9.23 Å². The number of methoxy groups -OCH3 is 1. The van der Waals surface area contributed by atoms with E-state index in [-0.39, 0.29) is 10.6 Å². The van der Waals surface area contributed by atoms with E-state index >= 15 is 0 Å². The molecule has 0 amide bonds. The number of hydrogen-bond donors (Lipinski definition) is 0. The minimum Gasteiger partial charge on any atom is -0.497 e. The van der Waals surface area contributed by atoms with Gasteiger partial charge in [0.1, 0.15) is 11.6 Å². The standard InChI is InChI=1S/C15H13Br2FO/c1-9-5-13(19-2)3-4-14(9)15(17)10-6-11(16)8-12(18)7-10/h3-8,15H,1-2H3. The van der Waals surface area contributed by atoms with Crippen molar-refractivity contribution in [1.29, 1.82) is 0 Å². The van der Waals surface area contributed by atoms with Crippen LogP contribution in [0.15, 0.2) is 40.9 Å². The quantitative estimate of drug-likeness (QED) is 0.641. The second-order valence-electron chi connectivity index (χ2n) is 4.29. The summed E-state index contributed by atoms with van der Waals surface area (Å²) in [7, 11) is 1.64. The Morgan fingerprint density at radius 2 is 1.89 bits per heavy atom. The van der Waals surface area contributed by atoms with E-state index in [1.165, 1.54) is 12.1 Å². The first-order valence-corrected chi connectivity index (χ1v) is 7.46. The second-order valence-corrected chi connectivity index (χ2v) is 6.12. The average molecular weight is 388 g/mol. The van der Waals surface area contributed by atoms with Gasteiger partial charge in [-0.05, 0) is 53.9 Å². The highest BCUT2D eigenvalue weighted by atomic mass is 79.9. The van der Waals surface area contributed by atoms with Crippen molar-refractivity contribution in [2.75, 3.05) is 7.11 Å². The molecule has 1 atom stereocenters. The number of ether oxygens (including phenoxy) is 1. The van der Waals surface area contributed by atoms with Gasteiger partial charge in [0.15, 0.2) is 0 Å². The largest absolute Gasteiger partial charge is 0.497 e. The van der Waals surface area contributed by atoms with Gasteiger partial charge in [0.2, 0.25) is 0 Å². The van der Waals surface area contributed by atoms with E-state index in [1.54, 1.807) is 7.11 Å². The SMILES string of the molecule is COc1ccc(C(Br)c2cc(F)cc(Br)c2)c(C)c1. The van der Waals surface area contributed by atoms with E-state index in [1.807, 2.05) is 31.2 Å². The summed E-state index contributed by atoms with van der Waals surface area (Å²) in [6, 6.07) is 10.8. The lowest BCUT2D eigenvalue weighted by molar-refractivity contribution is 0.414. The fraction of sp³-hybridized carbons (Fsp3) is 0.200. The average Bonchev–Trinajstić information content (AvgIpc) is 2.36. The van der Waals surface area contributed by atoms with Crippen LogP contribution in [0.4, 0.5) is 4.39 Å². The van der Waals surface area contributed by atoms with Crippen molar-refractivity contribution in [1.82, 2.24) is 0 Å². The highest BCUT2D eigenvalue weighted by Crippen LogP contribution is 2.35. The molecule has 1 nitrogen and oxygen atoms in total. The fourth-order valence-electron chi connectivity index (χ4n) is 1.96. The third-order valence-electron chi connectivity index (χ3n) is 2.93. The number of aryl methyl sites for hydroxylation is 1. The predicted octanol–water partition coefficient (Wildman–Crippen LogP) is 5.39. The van der Waals surface area contributed by atoms with Crippen LogP contribution in [-0.2, 0) is 0 Å². The molecule has 0 aliphatic rings. The zero-order valence-corrected chi connectivity index (χ0v) is 13.8. The van der Waals surface area contributed by atoms with Crippen molar-refractivity contribution in [3.05, 3.63) is 63.4 Å². The lowest BCUT2D eigenvalue weighted by Crippen LogP contribution is -1.97. The van der Waals surface area contributed by atoms with Crippen molar-refractivity contribution in [2.45, 2.75) is 11.8 Å². The summed E-state index contributed by atoms with van der Waals surface area (Å²) in [6.45, 7) is 2.01. The molecule has 0 saturated carbocycles. The molecular weight excluding hydrogens is 375 g/mol. The third-order valence-corrected chi connectivity index (χ3v) is 4.41. The van der Waals surface area contributed by atoms with Gasteiger partial charge in [-0.15, -0.1) is 0 Å². The van der Waals surface area contributed by atoms with Crippen LogP contribution in [-0.4, -0.2) is 7.11 Å². The molecule has 0 saturated heterocycles. The summed E-state index contributed by atoms with van der Waals surface area (Å²) in [6.07, 6.45) is 0. The Kier molecular flexibility index (Phi) is 4.63. The van der Waals surface area contributed by atoms with Crippen LogP contribution in [0.3, 0.4) is 0 Å². The van der Waals surface area contributed by atoms with Gasteiger partial charge in [-0.1, -0.05) is 37.9 Å². The molecule has 2 aromatic rings. The van der Waals surface area contributed by atoms with Crippen LogP contribution < -0.4 is 4.74 Å². The molecular formula is C15H13Br2FO. The molecule has 0 N–H and O–H groups in total. The normalized spacial score (nSPS) is 12.3. The molecule has 2 aromatic carbocycles. The third kappa shape index (κ3) is 3.37. The molecule has 0 aliphatic carbocycles. The number of alkyl halides is 1. The molecule has 0 bridgehead atoms. The van der Waals surface area contributed by atoms with Gasteiger partial charge in [0.25, 0.3) is 0 Å². The lowest BCUT2D eigenvalue weighted by Gasteiger charge is -2.15. The minimum atomic E-state index is -0.250. The van der Waals surface area contributed by atoms with Crippen LogP contribution in [0, 0.1) is 12.7 Å². The summed E-state index contributed by atoms with van der Waals surface area (Å²) in [5.74, 6) is 0.571. The Balaban J connectivity index is 2.40. The van der Waals surface area contributed by atoms with E-state index in [4.69, 9.17) is 4.74 Å². The van der Waals surface area contributed by atoms with Gasteiger partial charge in [0.05, 0.1) is 11.9 Å². The molecule has 0 heterocycles. The van der Waals surface area contributed by atoms with Crippen LogP contribution >= 0.6 is 31.9 Å². The Labute approximate surface area is 129 Å². The van der Waals surface area contributed by atoms with Crippen LogP contribution in [0.2, 0.25) is 0 Å². The van der Waals surface area contributed by atoms with E-state index in [2.05, 4.69) is 31.9 Å². The lowest BCUT2D eigenvalue weighted by atomic mass is 10.00. The molecule has 1 unspecified atom stereocenters. The Hall–Kier alpha value is -0.870. The van der Waals surface area contributed by atoms with Crippen molar-refractivity contribution < 1.29 is 9.13 Å². The monoisotopic (exact) mass is 386 g/mol. The first-order chi connectivity index (χ1) is 9.01. The smallest absolute Gasteiger partial charge is 0.124 e. The molecule has 0 fully saturated rings. The van der Waals surface area contributed by atoms with E-state index in [9.17, 15) is 4.39 Å². The molecule has 4 heteroatoms. The maximum absolute atomic E-state index is 13.5. The van der Waals surface area contributed by atoms with Crippen molar-refractivity contribution in [2.24, 2.45) is 0 Å². The number of halogens is 3. The minimum absolute atomic E-state index is 0.0505. The summed E-state index contributed by atoms with van der Waals surface area (Å²) in [5.41, 5.74) is 3.07. The second kappa shape index (κ2) is 6.06. The van der Waals surface area contributed by atoms with Gasteiger partial charge in [0, 0.05) is 4.47 Å². The highest BCUT2D eigenvalue weighted by Gasteiger charge is 2.14. The van der Waals surface area contributed by atoms with E-state index in [0.717, 1.165) is 26.9 Å². The Morgan fingerprint density at radius 3 is 2.47 bits per heavy atom. The van der Waals surface area contributed by atoms with E-state index in [0.29, 0.717) is 0 Å². The maximum atomic E-state index is 13.5. The molecule has 0 aromatic heterocycles. The maximum Gasteiger partial charge on any atom is 0.124 e. The van der Waals surface area contributed by atoms with E-state index < -0.39 is 0 Å². The molecule has 2 rings (SSSR count). The van der Waals surface area contributed by atoms with Crippen molar-refractivity contribution in [3.8, 4) is 5.75 Å². The predicted molar refractivity (Wildman–Crippen MR) is 82.6 cm³/mol. The number of benzene rings is 2. The van der Waals surface area contributed by atoms with Crippen molar-refractivity contribution in [3.63, 3.8) is 0 Å². The molecule has 0 spiro atoms. The Bertz CT molecular complexity index is 578. The number of rotatable bonds is 3. The zero-order valence-electron chi connectivity index (χ0n) is 10.6. The van der Waals surface area contributed by atoms with Gasteiger partial charge in [-0.3, -0.25) is 0 Å². The molecule has 0 radical (unpaired) electrons. The summed E-state index contributed by atoms with van der Waals surface area (Å²) >= 11 is 6.95. The van der Waals surface area contributed by atoms with Crippen LogP contribution in [0.1, 0.15) is 21.5 Å². The van der Waals surface area contributed by atoms with Gasteiger partial charge in [-0.2, -0.15) is 0 Å². The first-order valence-electron chi connectivity index (χ1n) is 5.76. The van der Waals surface area contributed by atoms with Gasteiger partial charge in [-0.25, -0.2) is 4.39 Å². The summed E-state index contributed by atoms with van der Waals surface area (Å²) < 4.78 is 19.4. The molecule has 100 valence electrons. The van der Waals surface area contributed by atoms with Gasteiger partial charge >= 0.3 is 0 Å². The van der Waals surface area contributed by atoms with Crippen molar-refractivity contribution >= 4 is 31.9 Å². The molecule has 0 aliphatic heterocycles. The highest BCUT2D eigenvalue weighted by molar-refractivity contribution is 9.10. The fourth-order valence-corrected chi connectivity index (χ4v) is 3.22. The Morgan fingerprint density at radius 1 is 1.16 bits per heavy atom. The van der Waals surface area contributed by atoms with Gasteiger partial charge < -0.3 is 4.74 Å². The van der Waals surface area contributed by atoms with Crippen LogP contribution in [0.5, 0.6) is 5.75 Å². The summed E-state index contributed by atoms with van der Waals surface area (Å²) in [4.78, 5) is -0.0505. The first kappa shape index (κ1) is 14.5. The number of hydrogen-bond acceptors (Lipinski definition) is 1.